The summed E-state index contributed by atoms with van der Waals surface area (Å²) in [7, 11) is 1.84. The number of aryl methyl sites for hydroxylation is 1. The first-order valence-electron chi connectivity index (χ1n) is 10.5. The minimum absolute atomic E-state index is 0.183. The molecule has 164 valence electrons. The van der Waals surface area contributed by atoms with Crippen LogP contribution >= 0.6 is 0 Å². The maximum Gasteiger partial charge on any atom is 0.318 e. The highest BCUT2D eigenvalue weighted by Gasteiger charge is 2.25. The second-order valence-corrected chi connectivity index (χ2v) is 7.31. The fraction of sp³-hybridized carbons (Fsp3) is 0.200. The monoisotopic (exact) mass is 430 g/mol. The summed E-state index contributed by atoms with van der Waals surface area (Å²) in [6, 6.07) is 22.9. The van der Waals surface area contributed by atoms with Gasteiger partial charge in [0.2, 0.25) is 5.88 Å². The zero-order chi connectivity index (χ0) is 22.3. The molecule has 0 unspecified atom stereocenters. The topological polar surface area (TPSA) is 72.5 Å². The molecule has 0 fully saturated rings. The lowest BCUT2D eigenvalue weighted by Gasteiger charge is -2.22. The van der Waals surface area contributed by atoms with Crippen LogP contribution in [0.2, 0.25) is 0 Å². The smallest absolute Gasteiger partial charge is 0.318 e. The van der Waals surface area contributed by atoms with Crippen molar-refractivity contribution in [2.24, 2.45) is 7.05 Å². The Bertz CT molecular complexity index is 1140. The number of para-hydroxylation sites is 1. The maximum atomic E-state index is 12.9. The summed E-state index contributed by atoms with van der Waals surface area (Å²) >= 11 is 0. The largest absolute Gasteiger partial charge is 0.467 e. The van der Waals surface area contributed by atoms with Gasteiger partial charge < -0.3 is 19.4 Å². The van der Waals surface area contributed by atoms with Gasteiger partial charge in [-0.25, -0.2) is 9.48 Å². The summed E-state index contributed by atoms with van der Waals surface area (Å²) in [5.41, 5.74) is 2.54. The zero-order valence-electron chi connectivity index (χ0n) is 18.2. The Hall–Kier alpha value is -4.00. The van der Waals surface area contributed by atoms with Crippen molar-refractivity contribution in [1.29, 1.82) is 0 Å². The predicted octanol–water partition coefficient (Wildman–Crippen LogP) is 5.20. The summed E-state index contributed by atoms with van der Waals surface area (Å²) in [5.74, 6) is 1.99. The minimum Gasteiger partial charge on any atom is -0.467 e. The highest BCUT2D eigenvalue weighted by molar-refractivity contribution is 5.75. The molecular weight excluding hydrogens is 404 g/mol. The molecule has 0 saturated carbocycles. The number of nitrogens with one attached hydrogen (secondary N) is 1. The SMILES string of the molecule is CCNC(=O)N(Cc1ccco1)Cc1c(-c2ccccc2)nn(C)c1Oc1ccccc1. The molecule has 0 bridgehead atoms. The molecule has 0 aliphatic carbocycles. The van der Waals surface area contributed by atoms with Crippen LogP contribution in [0.15, 0.2) is 83.5 Å². The van der Waals surface area contributed by atoms with Gasteiger partial charge in [-0.1, -0.05) is 48.5 Å². The number of urea groups is 1. The number of hydrogen-bond donors (Lipinski definition) is 1. The van der Waals surface area contributed by atoms with Crippen LogP contribution in [0.4, 0.5) is 4.79 Å². The molecule has 2 aromatic carbocycles. The highest BCUT2D eigenvalue weighted by atomic mass is 16.5. The molecule has 4 aromatic rings. The Labute approximate surface area is 187 Å². The number of furan rings is 1. The number of aromatic nitrogens is 2. The van der Waals surface area contributed by atoms with E-state index in [1.807, 2.05) is 86.8 Å². The van der Waals surface area contributed by atoms with Gasteiger partial charge in [0.1, 0.15) is 17.2 Å². The number of ether oxygens (including phenoxy) is 1. The standard InChI is InChI=1S/C25H26N4O3/c1-3-26-25(30)29(17-21-15-10-16-31-21)18-22-23(19-11-6-4-7-12-19)27-28(2)24(22)32-20-13-8-5-9-14-20/h4-16H,3,17-18H2,1-2H3,(H,26,30). The first-order valence-corrected chi connectivity index (χ1v) is 10.5. The van der Waals surface area contributed by atoms with Crippen molar-refractivity contribution in [3.63, 3.8) is 0 Å². The van der Waals surface area contributed by atoms with E-state index in [1.54, 1.807) is 15.8 Å². The molecule has 0 aliphatic rings. The molecule has 0 aliphatic heterocycles. The highest BCUT2D eigenvalue weighted by Crippen LogP contribution is 2.34. The number of nitrogens with zero attached hydrogens (tertiary/aromatic N) is 3. The van der Waals surface area contributed by atoms with E-state index in [4.69, 9.17) is 14.3 Å². The Balaban J connectivity index is 1.75. The molecular formula is C25H26N4O3. The third kappa shape index (κ3) is 4.83. The molecule has 0 saturated heterocycles. The zero-order valence-corrected chi connectivity index (χ0v) is 18.2. The van der Waals surface area contributed by atoms with Crippen molar-refractivity contribution in [2.75, 3.05) is 6.54 Å². The summed E-state index contributed by atoms with van der Waals surface area (Å²) < 4.78 is 13.5. The molecule has 2 amide bonds. The van der Waals surface area contributed by atoms with E-state index in [9.17, 15) is 4.79 Å². The van der Waals surface area contributed by atoms with E-state index < -0.39 is 0 Å². The summed E-state index contributed by atoms with van der Waals surface area (Å²) in [6.07, 6.45) is 1.61. The van der Waals surface area contributed by atoms with Crippen molar-refractivity contribution in [3.05, 3.63) is 90.4 Å². The Kier molecular flexibility index (Phi) is 6.55. The van der Waals surface area contributed by atoms with Gasteiger partial charge in [-0.15, -0.1) is 0 Å². The first kappa shape index (κ1) is 21.2. The maximum absolute atomic E-state index is 12.9. The number of hydrogen-bond acceptors (Lipinski definition) is 4. The molecule has 0 atom stereocenters. The molecule has 2 aromatic heterocycles. The summed E-state index contributed by atoms with van der Waals surface area (Å²) in [5, 5.41) is 7.63. The molecule has 0 spiro atoms. The lowest BCUT2D eigenvalue weighted by Crippen LogP contribution is -2.39. The van der Waals surface area contributed by atoms with Crippen LogP contribution in [-0.4, -0.2) is 27.3 Å². The van der Waals surface area contributed by atoms with Gasteiger partial charge in [0.25, 0.3) is 0 Å². The minimum atomic E-state index is -0.183. The van der Waals surface area contributed by atoms with Crippen LogP contribution in [0.1, 0.15) is 18.2 Å². The van der Waals surface area contributed by atoms with Crippen LogP contribution in [-0.2, 0) is 20.1 Å². The fourth-order valence-electron chi connectivity index (χ4n) is 3.49. The van der Waals surface area contributed by atoms with Crippen molar-refractivity contribution >= 4 is 6.03 Å². The second-order valence-electron chi connectivity index (χ2n) is 7.31. The third-order valence-corrected chi connectivity index (χ3v) is 4.98. The van der Waals surface area contributed by atoms with Gasteiger partial charge in [0.15, 0.2) is 0 Å². The Morgan fingerprint density at radius 1 is 1.03 bits per heavy atom. The first-order chi connectivity index (χ1) is 15.7. The van der Waals surface area contributed by atoms with Crippen molar-refractivity contribution < 1.29 is 13.9 Å². The number of amides is 2. The summed E-state index contributed by atoms with van der Waals surface area (Å²) in [4.78, 5) is 14.6. The van der Waals surface area contributed by atoms with Crippen LogP contribution in [0.5, 0.6) is 11.6 Å². The fourth-order valence-corrected chi connectivity index (χ4v) is 3.49. The molecule has 2 heterocycles. The van der Waals surface area contributed by atoms with Gasteiger partial charge in [-0.05, 0) is 31.2 Å². The van der Waals surface area contributed by atoms with Crippen LogP contribution < -0.4 is 10.1 Å². The molecule has 1 N–H and O–H groups in total. The van der Waals surface area contributed by atoms with E-state index >= 15 is 0 Å². The Morgan fingerprint density at radius 3 is 2.41 bits per heavy atom. The van der Waals surface area contributed by atoms with E-state index in [0.29, 0.717) is 37.0 Å². The van der Waals surface area contributed by atoms with E-state index in [0.717, 1.165) is 16.8 Å². The molecule has 0 radical (unpaired) electrons. The van der Waals surface area contributed by atoms with Crippen molar-refractivity contribution in [2.45, 2.75) is 20.0 Å². The lowest BCUT2D eigenvalue weighted by molar-refractivity contribution is 0.187. The quantitative estimate of drug-likeness (QED) is 0.417. The van der Waals surface area contributed by atoms with E-state index in [2.05, 4.69) is 5.32 Å². The molecule has 7 nitrogen and oxygen atoms in total. The second kappa shape index (κ2) is 9.87. The average molecular weight is 431 g/mol. The van der Waals surface area contributed by atoms with Gasteiger partial charge >= 0.3 is 6.03 Å². The number of benzene rings is 2. The average Bonchev–Trinajstić information content (AvgIpc) is 3.43. The van der Waals surface area contributed by atoms with Crippen LogP contribution in [0, 0.1) is 0 Å². The van der Waals surface area contributed by atoms with Gasteiger partial charge in [0.05, 0.1) is 24.9 Å². The van der Waals surface area contributed by atoms with E-state index in [1.165, 1.54) is 0 Å². The third-order valence-electron chi connectivity index (χ3n) is 4.98. The van der Waals surface area contributed by atoms with Crippen LogP contribution in [0.25, 0.3) is 11.3 Å². The van der Waals surface area contributed by atoms with Crippen LogP contribution in [0.3, 0.4) is 0 Å². The predicted molar refractivity (Wildman–Crippen MR) is 122 cm³/mol. The number of carbonyl (C=O) groups is 1. The summed E-state index contributed by atoms with van der Waals surface area (Å²) in [6.45, 7) is 3.05. The lowest BCUT2D eigenvalue weighted by atomic mass is 10.1. The van der Waals surface area contributed by atoms with Crippen molar-refractivity contribution in [3.8, 4) is 22.9 Å². The Morgan fingerprint density at radius 2 is 1.75 bits per heavy atom. The van der Waals surface area contributed by atoms with E-state index in [-0.39, 0.29) is 6.03 Å². The van der Waals surface area contributed by atoms with Gasteiger partial charge in [0, 0.05) is 19.2 Å². The molecule has 7 heteroatoms. The van der Waals surface area contributed by atoms with Gasteiger partial charge in [-0.2, -0.15) is 5.10 Å². The van der Waals surface area contributed by atoms with Crippen molar-refractivity contribution in [1.82, 2.24) is 20.0 Å². The van der Waals surface area contributed by atoms with Gasteiger partial charge in [-0.3, -0.25) is 0 Å². The number of rotatable bonds is 8. The normalized spacial score (nSPS) is 10.7. The molecule has 32 heavy (non-hydrogen) atoms. The number of carbonyl (C=O) groups excluding carboxylic acids is 1. The molecule has 4 rings (SSSR count).